The number of carbonyl (C=O) groups is 1. The summed E-state index contributed by atoms with van der Waals surface area (Å²) in [6.45, 7) is 0. The Hall–Kier alpha value is -2.16. The van der Waals surface area contributed by atoms with Crippen molar-refractivity contribution in [2.75, 3.05) is 0 Å². The molecular weight excluding hydrogens is 306 g/mol. The van der Waals surface area contributed by atoms with Crippen LogP contribution in [-0.4, -0.2) is 24.0 Å². The summed E-state index contributed by atoms with van der Waals surface area (Å²) in [4.78, 5) is 13.8. The van der Waals surface area contributed by atoms with Crippen LogP contribution < -0.4 is 10.6 Å². The average Bonchev–Trinajstić information content (AvgIpc) is 3.30. The Bertz CT molecular complexity index is 777. The van der Waals surface area contributed by atoms with Crippen molar-refractivity contribution in [2.45, 2.75) is 37.4 Å². The molecule has 116 valence electrons. The van der Waals surface area contributed by atoms with Gasteiger partial charge in [-0.1, -0.05) is 30.3 Å². The fourth-order valence-electron chi connectivity index (χ4n) is 3.64. The van der Waals surface area contributed by atoms with Crippen LogP contribution in [-0.2, 0) is 0 Å². The summed E-state index contributed by atoms with van der Waals surface area (Å²) in [6, 6.07) is 15.0. The minimum absolute atomic E-state index is 0.0620. The lowest BCUT2D eigenvalue weighted by Gasteiger charge is -2.20. The van der Waals surface area contributed by atoms with Crippen LogP contribution in [0.3, 0.4) is 0 Å². The lowest BCUT2D eigenvalue weighted by atomic mass is 9.95. The maximum atomic E-state index is 12.6. The molecule has 5 heteroatoms. The van der Waals surface area contributed by atoms with Crippen LogP contribution in [0.5, 0.6) is 0 Å². The fraction of sp³-hybridized carbons (Fsp3) is 0.333. The number of hydrogen-bond acceptors (Lipinski definition) is 4. The Balaban J connectivity index is 1.56. The van der Waals surface area contributed by atoms with Gasteiger partial charge in [-0.05, 0) is 30.9 Å². The minimum Gasteiger partial charge on any atom is -0.347 e. The molecule has 4 nitrogen and oxygen atoms in total. The summed E-state index contributed by atoms with van der Waals surface area (Å²) < 4.78 is 0. The second kappa shape index (κ2) is 5.80. The molecule has 1 amide bonds. The number of benzene rings is 1. The summed E-state index contributed by atoms with van der Waals surface area (Å²) in [5, 5.41) is 16.0. The van der Waals surface area contributed by atoms with E-state index in [0.29, 0.717) is 21.8 Å². The van der Waals surface area contributed by atoms with E-state index in [1.165, 1.54) is 17.8 Å². The van der Waals surface area contributed by atoms with Gasteiger partial charge in [-0.25, -0.2) is 0 Å². The Morgan fingerprint density at radius 1 is 1.30 bits per heavy atom. The largest absolute Gasteiger partial charge is 0.347 e. The van der Waals surface area contributed by atoms with Gasteiger partial charge in [0.15, 0.2) is 0 Å². The highest BCUT2D eigenvalue weighted by Crippen LogP contribution is 2.32. The molecule has 3 atom stereocenters. The molecule has 1 aromatic carbocycles. The number of carbonyl (C=O) groups excluding carboxylic acids is 1. The van der Waals surface area contributed by atoms with Crippen molar-refractivity contribution < 1.29 is 4.79 Å². The molecule has 2 aliphatic heterocycles. The van der Waals surface area contributed by atoms with Crippen molar-refractivity contribution in [3.8, 4) is 17.2 Å². The number of amides is 1. The first kappa shape index (κ1) is 14.4. The first-order valence-corrected chi connectivity index (χ1v) is 8.72. The molecule has 2 fully saturated rings. The molecule has 23 heavy (non-hydrogen) atoms. The second-order valence-electron chi connectivity index (χ2n) is 6.19. The lowest BCUT2D eigenvalue weighted by molar-refractivity contribution is 0.0935. The zero-order chi connectivity index (χ0) is 15.8. The Labute approximate surface area is 139 Å². The van der Waals surface area contributed by atoms with E-state index in [0.717, 1.165) is 24.0 Å². The first-order chi connectivity index (χ1) is 11.2. The van der Waals surface area contributed by atoms with Gasteiger partial charge in [0.2, 0.25) is 0 Å². The Morgan fingerprint density at radius 2 is 2.13 bits per heavy atom. The van der Waals surface area contributed by atoms with Crippen LogP contribution in [0.2, 0.25) is 0 Å². The van der Waals surface area contributed by atoms with Gasteiger partial charge in [0.25, 0.3) is 5.91 Å². The van der Waals surface area contributed by atoms with Gasteiger partial charge >= 0.3 is 0 Å². The maximum absolute atomic E-state index is 12.6. The fourth-order valence-corrected chi connectivity index (χ4v) is 4.52. The molecule has 2 aromatic rings. The molecule has 0 unspecified atom stereocenters. The molecule has 0 spiro atoms. The predicted octanol–water partition coefficient (Wildman–Crippen LogP) is 2.91. The van der Waals surface area contributed by atoms with E-state index < -0.39 is 0 Å². The quantitative estimate of drug-likeness (QED) is 0.913. The first-order valence-electron chi connectivity index (χ1n) is 7.91. The van der Waals surface area contributed by atoms with E-state index in [9.17, 15) is 10.1 Å². The number of fused-ring (bicyclic) bond motifs is 2. The van der Waals surface area contributed by atoms with Gasteiger partial charge < -0.3 is 10.6 Å². The van der Waals surface area contributed by atoms with E-state index in [2.05, 4.69) is 16.7 Å². The zero-order valence-corrected chi connectivity index (χ0v) is 13.4. The monoisotopic (exact) mass is 323 g/mol. The zero-order valence-electron chi connectivity index (χ0n) is 12.6. The van der Waals surface area contributed by atoms with Crippen molar-refractivity contribution >= 4 is 17.2 Å². The van der Waals surface area contributed by atoms with E-state index in [-0.39, 0.29) is 11.9 Å². The van der Waals surface area contributed by atoms with E-state index in [1.54, 1.807) is 0 Å². The van der Waals surface area contributed by atoms with E-state index in [4.69, 9.17) is 0 Å². The number of nitrogens with zero attached hydrogens (tertiary/aromatic N) is 1. The van der Waals surface area contributed by atoms with E-state index >= 15 is 0 Å². The number of hydrogen-bond donors (Lipinski definition) is 2. The standard InChI is InChI=1S/C18H17N3OS/c19-10-17-13(11-4-2-1-3-5-11)9-16(23-17)18(22)21-15-8-12-6-7-14(15)20-12/h1-5,9,12,14-15,20H,6-8H2,(H,21,22)/t12-,14+,15-/m1/s1. The molecular formula is C18H17N3OS. The normalized spacial score (nSPS) is 25.3. The van der Waals surface area contributed by atoms with Crippen LogP contribution in [0.4, 0.5) is 0 Å². The third-order valence-electron chi connectivity index (χ3n) is 4.76. The highest BCUT2D eigenvalue weighted by Gasteiger charge is 2.39. The Kier molecular flexibility index (Phi) is 3.64. The number of rotatable bonds is 3. The van der Waals surface area contributed by atoms with Crippen LogP contribution >= 0.6 is 11.3 Å². The number of nitrogens with one attached hydrogen (secondary N) is 2. The summed E-state index contributed by atoms with van der Waals surface area (Å²) in [5.74, 6) is -0.0620. The third-order valence-corrected chi connectivity index (χ3v) is 5.80. The lowest BCUT2D eigenvalue weighted by Crippen LogP contribution is -2.42. The molecule has 0 aliphatic carbocycles. The topological polar surface area (TPSA) is 64.9 Å². The molecule has 2 aliphatic rings. The second-order valence-corrected chi connectivity index (χ2v) is 7.25. The van der Waals surface area contributed by atoms with Crippen molar-refractivity contribution in [2.24, 2.45) is 0 Å². The molecule has 0 radical (unpaired) electrons. The predicted molar refractivity (Wildman–Crippen MR) is 90.3 cm³/mol. The van der Waals surface area contributed by atoms with Crippen molar-refractivity contribution in [3.05, 3.63) is 46.2 Å². The van der Waals surface area contributed by atoms with E-state index in [1.807, 2.05) is 36.4 Å². The van der Waals surface area contributed by atoms with Crippen molar-refractivity contribution in [1.82, 2.24) is 10.6 Å². The molecule has 2 bridgehead atoms. The highest BCUT2D eigenvalue weighted by molar-refractivity contribution is 7.15. The van der Waals surface area contributed by atoms with Crippen LogP contribution in [0, 0.1) is 11.3 Å². The minimum atomic E-state index is -0.0620. The SMILES string of the molecule is N#Cc1sc(C(=O)N[C@@H]2C[C@H]3CC[C@@H]2N3)cc1-c1ccccc1. The van der Waals surface area contributed by atoms with Crippen LogP contribution in [0.25, 0.3) is 11.1 Å². The van der Waals surface area contributed by atoms with Crippen molar-refractivity contribution in [1.29, 1.82) is 5.26 Å². The maximum Gasteiger partial charge on any atom is 0.261 e. The molecule has 1 aromatic heterocycles. The van der Waals surface area contributed by atoms with Gasteiger partial charge in [-0.3, -0.25) is 4.79 Å². The van der Waals surface area contributed by atoms with Gasteiger partial charge in [-0.15, -0.1) is 11.3 Å². The molecule has 3 heterocycles. The number of thiophene rings is 1. The molecule has 2 N–H and O–H groups in total. The van der Waals surface area contributed by atoms with Crippen LogP contribution in [0.1, 0.15) is 33.8 Å². The third kappa shape index (κ3) is 2.65. The Morgan fingerprint density at radius 3 is 2.78 bits per heavy atom. The summed E-state index contributed by atoms with van der Waals surface area (Å²) in [7, 11) is 0. The van der Waals surface area contributed by atoms with Gasteiger partial charge in [-0.2, -0.15) is 5.26 Å². The van der Waals surface area contributed by atoms with Gasteiger partial charge in [0.05, 0.1) is 4.88 Å². The van der Waals surface area contributed by atoms with Gasteiger partial charge in [0, 0.05) is 23.7 Å². The smallest absolute Gasteiger partial charge is 0.261 e. The van der Waals surface area contributed by atoms with Crippen LogP contribution in [0.15, 0.2) is 36.4 Å². The molecule has 2 saturated heterocycles. The average molecular weight is 323 g/mol. The summed E-state index contributed by atoms with van der Waals surface area (Å²) in [5.41, 5.74) is 1.82. The number of nitriles is 1. The highest BCUT2D eigenvalue weighted by atomic mass is 32.1. The van der Waals surface area contributed by atoms with Crippen molar-refractivity contribution in [3.63, 3.8) is 0 Å². The summed E-state index contributed by atoms with van der Waals surface area (Å²) in [6.07, 6.45) is 3.37. The van der Waals surface area contributed by atoms with Gasteiger partial charge in [0.1, 0.15) is 10.9 Å². The molecule has 4 rings (SSSR count). The molecule has 0 saturated carbocycles. The summed E-state index contributed by atoms with van der Waals surface area (Å²) >= 11 is 1.27.